The number of rotatable bonds is 2. The van der Waals surface area contributed by atoms with Gasteiger partial charge in [-0.15, -0.1) is 0 Å². The monoisotopic (exact) mass is 220 g/mol. The van der Waals surface area contributed by atoms with E-state index in [1.807, 2.05) is 0 Å². The highest BCUT2D eigenvalue weighted by molar-refractivity contribution is 5.94. The summed E-state index contributed by atoms with van der Waals surface area (Å²) >= 11 is 0. The Morgan fingerprint density at radius 1 is 1.38 bits per heavy atom. The van der Waals surface area contributed by atoms with Crippen LogP contribution in [0.4, 0.5) is 4.39 Å². The van der Waals surface area contributed by atoms with E-state index in [9.17, 15) is 9.18 Å². The second kappa shape index (κ2) is 3.77. The normalized spacial score (nSPS) is 10.4. The molecule has 0 aliphatic heterocycles. The van der Waals surface area contributed by atoms with E-state index in [0.717, 1.165) is 0 Å². The number of aromatic carboxylic acids is 1. The SMILES string of the molecule is Cn1ncc(-c2ccc(F)cc2)c1C(=O)O. The Kier molecular flexibility index (Phi) is 2.44. The molecule has 0 fully saturated rings. The van der Waals surface area contributed by atoms with Crippen molar-refractivity contribution in [1.82, 2.24) is 9.78 Å². The van der Waals surface area contributed by atoms with Gasteiger partial charge in [-0.1, -0.05) is 12.1 Å². The van der Waals surface area contributed by atoms with Crippen molar-refractivity contribution in [1.29, 1.82) is 0 Å². The summed E-state index contributed by atoms with van der Waals surface area (Å²) in [6, 6.07) is 5.62. The third-order valence-corrected chi connectivity index (χ3v) is 2.30. The van der Waals surface area contributed by atoms with Gasteiger partial charge in [0.15, 0.2) is 5.69 Å². The van der Waals surface area contributed by atoms with Crippen molar-refractivity contribution in [3.63, 3.8) is 0 Å². The van der Waals surface area contributed by atoms with Crippen LogP contribution in [0.1, 0.15) is 10.5 Å². The molecule has 0 radical (unpaired) electrons. The van der Waals surface area contributed by atoms with Crippen LogP contribution in [0.5, 0.6) is 0 Å². The molecule has 0 amide bonds. The summed E-state index contributed by atoms with van der Waals surface area (Å²) in [5.74, 6) is -1.41. The summed E-state index contributed by atoms with van der Waals surface area (Å²) < 4.78 is 14.0. The fourth-order valence-corrected chi connectivity index (χ4v) is 1.53. The van der Waals surface area contributed by atoms with Crippen LogP contribution in [0.2, 0.25) is 0 Å². The van der Waals surface area contributed by atoms with Gasteiger partial charge in [-0.05, 0) is 17.7 Å². The molecule has 0 bridgehead atoms. The molecule has 5 heteroatoms. The van der Waals surface area contributed by atoms with Gasteiger partial charge in [0.05, 0.1) is 6.20 Å². The van der Waals surface area contributed by atoms with Crippen molar-refractivity contribution >= 4 is 5.97 Å². The Labute approximate surface area is 90.9 Å². The molecule has 2 aromatic rings. The zero-order valence-corrected chi connectivity index (χ0v) is 8.51. The molecular weight excluding hydrogens is 211 g/mol. The minimum Gasteiger partial charge on any atom is -0.477 e. The van der Waals surface area contributed by atoms with Crippen LogP contribution in [-0.2, 0) is 7.05 Å². The second-order valence-electron chi connectivity index (χ2n) is 3.34. The molecule has 1 heterocycles. The first-order valence-corrected chi connectivity index (χ1v) is 4.61. The molecule has 0 aliphatic rings. The molecule has 0 atom stereocenters. The van der Waals surface area contributed by atoms with Crippen LogP contribution in [0.15, 0.2) is 30.5 Å². The molecule has 0 aliphatic carbocycles. The first-order chi connectivity index (χ1) is 7.59. The molecule has 0 unspecified atom stereocenters. The molecule has 2 rings (SSSR count). The van der Waals surface area contributed by atoms with Crippen molar-refractivity contribution < 1.29 is 14.3 Å². The number of carbonyl (C=O) groups is 1. The fraction of sp³-hybridized carbons (Fsp3) is 0.0909. The van der Waals surface area contributed by atoms with Gasteiger partial charge in [0, 0.05) is 12.6 Å². The maximum atomic E-state index is 12.7. The van der Waals surface area contributed by atoms with Gasteiger partial charge < -0.3 is 5.11 Å². The summed E-state index contributed by atoms with van der Waals surface area (Å²) in [7, 11) is 1.55. The van der Waals surface area contributed by atoms with Crippen LogP contribution in [-0.4, -0.2) is 20.9 Å². The van der Waals surface area contributed by atoms with Crippen LogP contribution in [0.25, 0.3) is 11.1 Å². The van der Waals surface area contributed by atoms with E-state index in [0.29, 0.717) is 11.1 Å². The lowest BCUT2D eigenvalue weighted by Gasteiger charge is -2.01. The van der Waals surface area contributed by atoms with E-state index in [1.165, 1.54) is 35.1 Å². The van der Waals surface area contributed by atoms with Gasteiger partial charge in [-0.2, -0.15) is 5.10 Å². The van der Waals surface area contributed by atoms with E-state index in [4.69, 9.17) is 5.11 Å². The number of nitrogens with zero attached hydrogens (tertiary/aromatic N) is 2. The zero-order valence-electron chi connectivity index (χ0n) is 8.51. The lowest BCUT2D eigenvalue weighted by atomic mass is 10.1. The Bertz CT molecular complexity index is 531. The largest absolute Gasteiger partial charge is 0.477 e. The van der Waals surface area contributed by atoms with Gasteiger partial charge in [-0.25, -0.2) is 9.18 Å². The van der Waals surface area contributed by atoms with Gasteiger partial charge in [-0.3, -0.25) is 4.68 Å². The second-order valence-corrected chi connectivity index (χ2v) is 3.34. The summed E-state index contributed by atoms with van der Waals surface area (Å²) in [6.45, 7) is 0. The summed E-state index contributed by atoms with van der Waals surface area (Å²) in [5, 5.41) is 12.9. The number of carboxylic acid groups (broad SMARTS) is 1. The maximum Gasteiger partial charge on any atom is 0.354 e. The molecule has 4 nitrogen and oxygen atoms in total. The first-order valence-electron chi connectivity index (χ1n) is 4.61. The predicted octanol–water partition coefficient (Wildman–Crippen LogP) is 1.92. The van der Waals surface area contributed by atoms with Crippen LogP contribution in [0.3, 0.4) is 0 Å². The lowest BCUT2D eigenvalue weighted by molar-refractivity contribution is 0.0686. The number of benzene rings is 1. The third kappa shape index (κ3) is 1.67. The van der Waals surface area contributed by atoms with Crippen molar-refractivity contribution in [3.8, 4) is 11.1 Å². The zero-order chi connectivity index (χ0) is 11.7. The number of hydrogen-bond donors (Lipinski definition) is 1. The Hall–Kier alpha value is -2.17. The smallest absolute Gasteiger partial charge is 0.354 e. The van der Waals surface area contributed by atoms with E-state index >= 15 is 0 Å². The Balaban J connectivity index is 2.56. The summed E-state index contributed by atoms with van der Waals surface area (Å²) in [6.07, 6.45) is 1.46. The molecule has 0 saturated heterocycles. The van der Waals surface area contributed by atoms with E-state index < -0.39 is 5.97 Å². The molecular formula is C11H9FN2O2. The lowest BCUT2D eigenvalue weighted by Crippen LogP contribution is -2.06. The fourth-order valence-electron chi connectivity index (χ4n) is 1.53. The van der Waals surface area contributed by atoms with Gasteiger partial charge in [0.1, 0.15) is 5.82 Å². The number of halogens is 1. The standard InChI is InChI=1S/C11H9FN2O2/c1-14-10(11(15)16)9(6-13-14)7-2-4-8(12)5-3-7/h2-6H,1H3,(H,15,16). The van der Waals surface area contributed by atoms with Gasteiger partial charge >= 0.3 is 5.97 Å². The quantitative estimate of drug-likeness (QED) is 0.841. The van der Waals surface area contributed by atoms with Crippen molar-refractivity contribution in [2.24, 2.45) is 7.05 Å². The summed E-state index contributed by atoms with van der Waals surface area (Å²) in [5.41, 5.74) is 1.20. The number of hydrogen-bond acceptors (Lipinski definition) is 2. The number of aromatic nitrogens is 2. The predicted molar refractivity (Wildman–Crippen MR) is 55.6 cm³/mol. The number of aryl methyl sites for hydroxylation is 1. The van der Waals surface area contributed by atoms with Crippen molar-refractivity contribution in [2.75, 3.05) is 0 Å². The Morgan fingerprint density at radius 3 is 2.56 bits per heavy atom. The first kappa shape index (κ1) is 10.4. The maximum absolute atomic E-state index is 12.7. The average molecular weight is 220 g/mol. The molecule has 0 saturated carbocycles. The Morgan fingerprint density at radius 2 is 2.00 bits per heavy atom. The topological polar surface area (TPSA) is 55.1 Å². The molecule has 1 N–H and O–H groups in total. The van der Waals surface area contributed by atoms with Crippen LogP contribution < -0.4 is 0 Å². The molecule has 16 heavy (non-hydrogen) atoms. The molecule has 1 aromatic carbocycles. The average Bonchev–Trinajstić information content (AvgIpc) is 2.61. The van der Waals surface area contributed by atoms with Crippen molar-refractivity contribution in [3.05, 3.63) is 42.0 Å². The highest BCUT2D eigenvalue weighted by Gasteiger charge is 2.16. The molecule has 1 aromatic heterocycles. The third-order valence-electron chi connectivity index (χ3n) is 2.30. The van der Waals surface area contributed by atoms with Gasteiger partial charge in [0.2, 0.25) is 0 Å². The molecule has 0 spiro atoms. The van der Waals surface area contributed by atoms with E-state index in [1.54, 1.807) is 7.05 Å². The highest BCUT2D eigenvalue weighted by atomic mass is 19.1. The summed E-state index contributed by atoms with van der Waals surface area (Å²) in [4.78, 5) is 11.0. The minimum atomic E-state index is -1.06. The van der Waals surface area contributed by atoms with Gasteiger partial charge in [0.25, 0.3) is 0 Å². The van der Waals surface area contributed by atoms with Crippen LogP contribution >= 0.6 is 0 Å². The van der Waals surface area contributed by atoms with E-state index in [2.05, 4.69) is 5.10 Å². The number of carboxylic acids is 1. The van der Waals surface area contributed by atoms with Crippen molar-refractivity contribution in [2.45, 2.75) is 0 Å². The van der Waals surface area contributed by atoms with E-state index in [-0.39, 0.29) is 11.5 Å². The molecule has 82 valence electrons. The minimum absolute atomic E-state index is 0.0895. The van der Waals surface area contributed by atoms with Crippen LogP contribution in [0, 0.1) is 5.82 Å². The highest BCUT2D eigenvalue weighted by Crippen LogP contribution is 2.23.